The van der Waals surface area contributed by atoms with E-state index in [-0.39, 0.29) is 55.9 Å². The summed E-state index contributed by atoms with van der Waals surface area (Å²) in [5.74, 6) is -0.0213. The third kappa shape index (κ3) is 5.75. The van der Waals surface area contributed by atoms with Crippen LogP contribution in [0.15, 0.2) is 23.4 Å². The lowest BCUT2D eigenvalue weighted by Gasteiger charge is -2.34. The van der Waals surface area contributed by atoms with Gasteiger partial charge in [0.15, 0.2) is 0 Å². The minimum Gasteiger partial charge on any atom is -0.379 e. The van der Waals surface area contributed by atoms with Gasteiger partial charge in [0.25, 0.3) is 5.56 Å². The van der Waals surface area contributed by atoms with Crippen LogP contribution in [0.4, 0.5) is 24.8 Å². The van der Waals surface area contributed by atoms with Crippen LogP contribution in [0, 0.1) is 0 Å². The second-order valence-corrected chi connectivity index (χ2v) is 8.11. The van der Waals surface area contributed by atoms with E-state index >= 15 is 0 Å². The van der Waals surface area contributed by atoms with Gasteiger partial charge in [0.2, 0.25) is 17.8 Å². The highest BCUT2D eigenvalue weighted by atomic mass is 19.4. The Hall–Kier alpha value is -3.55. The molecule has 2 amide bonds. The maximum atomic E-state index is 12.7. The first-order valence-electron chi connectivity index (χ1n) is 11.1. The van der Waals surface area contributed by atoms with Crippen LogP contribution in [0.2, 0.25) is 0 Å². The number of ether oxygens (including phenoxy) is 1. The molecular formula is C21H24F3N7O4. The SMILES string of the molecule is O=C(CCOCCN1C(=O)CCc2c1cn[nH]c2=O)N1CCN(c2ncc(C(F)(F)F)cn2)CC1. The van der Waals surface area contributed by atoms with Gasteiger partial charge < -0.3 is 19.4 Å². The third-order valence-electron chi connectivity index (χ3n) is 5.92. The number of nitrogens with one attached hydrogen (secondary N) is 1. The molecule has 0 spiro atoms. The molecule has 4 rings (SSSR count). The van der Waals surface area contributed by atoms with Crippen LogP contribution >= 0.6 is 0 Å². The Balaban J connectivity index is 1.18. The number of hydrogen-bond donors (Lipinski definition) is 1. The van der Waals surface area contributed by atoms with Crippen molar-refractivity contribution in [2.24, 2.45) is 0 Å². The monoisotopic (exact) mass is 495 g/mol. The van der Waals surface area contributed by atoms with Crippen molar-refractivity contribution in [1.29, 1.82) is 0 Å². The molecule has 1 N–H and O–H groups in total. The molecule has 2 aromatic rings. The summed E-state index contributed by atoms with van der Waals surface area (Å²) in [6.45, 7) is 2.21. The van der Waals surface area contributed by atoms with Crippen molar-refractivity contribution in [3.05, 3.63) is 40.1 Å². The number of carbonyl (C=O) groups is 2. The molecular weight excluding hydrogens is 471 g/mol. The van der Waals surface area contributed by atoms with Crippen molar-refractivity contribution in [2.45, 2.75) is 25.4 Å². The zero-order valence-electron chi connectivity index (χ0n) is 18.8. The summed E-state index contributed by atoms with van der Waals surface area (Å²) >= 11 is 0. The summed E-state index contributed by atoms with van der Waals surface area (Å²) in [6.07, 6.45) is -0.771. The van der Waals surface area contributed by atoms with Crippen molar-refractivity contribution in [1.82, 2.24) is 25.1 Å². The standard InChI is InChI=1S/C21H24F3N7O4/c22-21(23,24)14-11-25-20(26-12-14)30-6-4-29(5-7-30)17(32)3-9-35-10-8-31-16-13-27-28-19(34)15(16)1-2-18(31)33/h11-13H,1-10H2,(H,28,34). The summed E-state index contributed by atoms with van der Waals surface area (Å²) in [5, 5.41) is 6.13. The van der Waals surface area contributed by atoms with E-state index < -0.39 is 11.7 Å². The predicted octanol–water partition coefficient (Wildman–Crippen LogP) is 0.613. The first-order chi connectivity index (χ1) is 16.7. The quantitative estimate of drug-likeness (QED) is 0.555. The maximum Gasteiger partial charge on any atom is 0.419 e. The van der Waals surface area contributed by atoms with E-state index in [2.05, 4.69) is 20.2 Å². The van der Waals surface area contributed by atoms with Crippen molar-refractivity contribution < 1.29 is 27.5 Å². The van der Waals surface area contributed by atoms with Crippen LogP contribution < -0.4 is 15.4 Å². The van der Waals surface area contributed by atoms with E-state index in [1.807, 2.05) is 0 Å². The number of aromatic amines is 1. The molecule has 0 bridgehead atoms. The normalized spacial score (nSPS) is 16.4. The van der Waals surface area contributed by atoms with E-state index in [0.717, 1.165) is 12.4 Å². The molecule has 1 fully saturated rings. The number of anilines is 2. The fraction of sp³-hybridized carbons (Fsp3) is 0.524. The number of H-pyrrole nitrogens is 1. The van der Waals surface area contributed by atoms with Gasteiger partial charge in [-0.2, -0.15) is 18.3 Å². The highest BCUT2D eigenvalue weighted by molar-refractivity contribution is 5.96. The third-order valence-corrected chi connectivity index (χ3v) is 5.92. The number of aromatic nitrogens is 4. The number of amides is 2. The van der Waals surface area contributed by atoms with Gasteiger partial charge in [-0.1, -0.05) is 0 Å². The van der Waals surface area contributed by atoms with Crippen LogP contribution in [0.5, 0.6) is 0 Å². The molecule has 188 valence electrons. The molecule has 35 heavy (non-hydrogen) atoms. The van der Waals surface area contributed by atoms with Gasteiger partial charge in [-0.3, -0.25) is 14.4 Å². The molecule has 1 saturated heterocycles. The number of carbonyl (C=O) groups excluding carboxylic acids is 2. The molecule has 0 aliphatic carbocycles. The van der Waals surface area contributed by atoms with Gasteiger partial charge in [0, 0.05) is 57.1 Å². The lowest BCUT2D eigenvalue weighted by atomic mass is 10.0. The minimum atomic E-state index is -4.49. The zero-order chi connectivity index (χ0) is 25.0. The first-order valence-corrected chi connectivity index (χ1v) is 11.1. The maximum absolute atomic E-state index is 12.7. The van der Waals surface area contributed by atoms with Crippen LogP contribution in [-0.4, -0.2) is 82.8 Å². The smallest absolute Gasteiger partial charge is 0.379 e. The van der Waals surface area contributed by atoms with Crippen molar-refractivity contribution >= 4 is 23.5 Å². The molecule has 14 heteroatoms. The number of piperazine rings is 1. The molecule has 2 aliphatic heterocycles. The van der Waals surface area contributed by atoms with Gasteiger partial charge in [-0.25, -0.2) is 15.1 Å². The topological polar surface area (TPSA) is 125 Å². The van der Waals surface area contributed by atoms with Crippen molar-refractivity contribution in [2.75, 3.05) is 55.7 Å². The van der Waals surface area contributed by atoms with E-state index in [1.54, 1.807) is 9.80 Å². The van der Waals surface area contributed by atoms with Crippen molar-refractivity contribution in [3.8, 4) is 0 Å². The largest absolute Gasteiger partial charge is 0.419 e. The molecule has 0 unspecified atom stereocenters. The average Bonchev–Trinajstić information content (AvgIpc) is 2.84. The minimum absolute atomic E-state index is 0.104. The van der Waals surface area contributed by atoms with E-state index in [0.29, 0.717) is 43.9 Å². The lowest BCUT2D eigenvalue weighted by Crippen LogP contribution is -2.49. The van der Waals surface area contributed by atoms with Gasteiger partial charge >= 0.3 is 6.18 Å². The number of hydrogen-bond acceptors (Lipinski definition) is 8. The molecule has 2 aromatic heterocycles. The van der Waals surface area contributed by atoms with Gasteiger partial charge in [0.1, 0.15) is 0 Å². The Morgan fingerprint density at radius 3 is 2.43 bits per heavy atom. The number of halogens is 3. The van der Waals surface area contributed by atoms with E-state index in [1.165, 1.54) is 11.1 Å². The lowest BCUT2D eigenvalue weighted by molar-refractivity contribution is -0.138. The van der Waals surface area contributed by atoms with Gasteiger partial charge in [0.05, 0.1) is 37.1 Å². The molecule has 0 saturated carbocycles. The molecule has 11 nitrogen and oxygen atoms in total. The van der Waals surface area contributed by atoms with Gasteiger partial charge in [-0.05, 0) is 6.42 Å². The van der Waals surface area contributed by atoms with Crippen LogP contribution in [0.25, 0.3) is 0 Å². The fourth-order valence-electron chi connectivity index (χ4n) is 4.00. The van der Waals surface area contributed by atoms with Crippen LogP contribution in [0.1, 0.15) is 24.0 Å². The number of fused-ring (bicyclic) bond motifs is 1. The Labute approximate surface area is 197 Å². The number of nitrogens with zero attached hydrogens (tertiary/aromatic N) is 6. The average molecular weight is 495 g/mol. The van der Waals surface area contributed by atoms with E-state index in [9.17, 15) is 27.6 Å². The molecule has 0 atom stereocenters. The Morgan fingerprint density at radius 2 is 1.74 bits per heavy atom. The molecule has 2 aliphatic rings. The number of rotatable bonds is 7. The predicted molar refractivity (Wildman–Crippen MR) is 117 cm³/mol. The Kier molecular flexibility index (Phi) is 7.28. The second-order valence-electron chi connectivity index (χ2n) is 8.11. The Bertz CT molecular complexity index is 1120. The number of alkyl halides is 3. The zero-order valence-corrected chi connectivity index (χ0v) is 18.8. The Morgan fingerprint density at radius 1 is 1.03 bits per heavy atom. The second kappa shape index (κ2) is 10.4. The summed E-state index contributed by atoms with van der Waals surface area (Å²) < 4.78 is 43.5. The summed E-state index contributed by atoms with van der Waals surface area (Å²) in [7, 11) is 0. The van der Waals surface area contributed by atoms with Crippen LogP contribution in [0.3, 0.4) is 0 Å². The molecule has 0 radical (unpaired) electrons. The summed E-state index contributed by atoms with van der Waals surface area (Å²) in [6, 6.07) is 0. The molecule has 0 aromatic carbocycles. The first kappa shape index (κ1) is 24.6. The van der Waals surface area contributed by atoms with Gasteiger partial charge in [-0.15, -0.1) is 0 Å². The highest BCUT2D eigenvalue weighted by Crippen LogP contribution is 2.28. The highest BCUT2D eigenvalue weighted by Gasteiger charge is 2.32. The molecule has 4 heterocycles. The fourth-order valence-corrected chi connectivity index (χ4v) is 4.00. The van der Waals surface area contributed by atoms with Crippen LogP contribution in [-0.2, 0) is 26.9 Å². The van der Waals surface area contributed by atoms with E-state index in [4.69, 9.17) is 4.74 Å². The summed E-state index contributed by atoms with van der Waals surface area (Å²) in [4.78, 5) is 49.1. The van der Waals surface area contributed by atoms with Crippen molar-refractivity contribution in [3.63, 3.8) is 0 Å². The summed E-state index contributed by atoms with van der Waals surface area (Å²) in [5.41, 5.74) is -0.207.